The van der Waals surface area contributed by atoms with Crippen LogP contribution in [0.1, 0.15) is 26.2 Å². The minimum absolute atomic E-state index is 0.166. The highest BCUT2D eigenvalue weighted by atomic mass is 16.5. The first-order valence-electron chi connectivity index (χ1n) is 7.27. The van der Waals surface area contributed by atoms with Gasteiger partial charge in [-0.15, -0.1) is 0 Å². The SMILES string of the molecule is CC1CC(CN)(N(C)CC2CCN(C)C2)CCO1. The monoisotopic (exact) mass is 255 g/mol. The summed E-state index contributed by atoms with van der Waals surface area (Å²) >= 11 is 0. The second kappa shape index (κ2) is 5.87. The zero-order valence-electron chi connectivity index (χ0n) is 12.2. The Balaban J connectivity index is 1.94. The van der Waals surface area contributed by atoms with Crippen LogP contribution in [0.15, 0.2) is 0 Å². The molecule has 0 bridgehead atoms. The summed E-state index contributed by atoms with van der Waals surface area (Å²) < 4.78 is 5.68. The van der Waals surface area contributed by atoms with E-state index in [1.54, 1.807) is 0 Å². The number of likely N-dealkylation sites (N-methyl/N-ethyl adjacent to an activating group) is 1. The topological polar surface area (TPSA) is 41.7 Å². The second-order valence-corrected chi connectivity index (χ2v) is 6.36. The van der Waals surface area contributed by atoms with Crippen molar-refractivity contribution in [1.29, 1.82) is 0 Å². The maximum Gasteiger partial charge on any atom is 0.0565 e. The first kappa shape index (κ1) is 14.3. The number of nitrogens with two attached hydrogens (primary N) is 1. The summed E-state index contributed by atoms with van der Waals surface area (Å²) in [5.74, 6) is 0.807. The summed E-state index contributed by atoms with van der Waals surface area (Å²) in [6.45, 7) is 7.42. The molecular formula is C14H29N3O. The van der Waals surface area contributed by atoms with Crippen LogP contribution in [-0.2, 0) is 4.74 Å². The molecule has 0 aromatic rings. The van der Waals surface area contributed by atoms with Crippen molar-refractivity contribution in [2.75, 3.05) is 46.9 Å². The lowest BCUT2D eigenvalue weighted by Crippen LogP contribution is -2.57. The van der Waals surface area contributed by atoms with Gasteiger partial charge in [0.25, 0.3) is 0 Å². The molecule has 0 aromatic carbocycles. The van der Waals surface area contributed by atoms with E-state index in [0.29, 0.717) is 6.10 Å². The van der Waals surface area contributed by atoms with Gasteiger partial charge < -0.3 is 15.4 Å². The average molecular weight is 255 g/mol. The zero-order chi connectivity index (χ0) is 13.2. The van der Waals surface area contributed by atoms with Crippen LogP contribution in [0.5, 0.6) is 0 Å². The quantitative estimate of drug-likeness (QED) is 0.805. The van der Waals surface area contributed by atoms with Crippen molar-refractivity contribution in [2.24, 2.45) is 11.7 Å². The van der Waals surface area contributed by atoms with Crippen LogP contribution in [0.2, 0.25) is 0 Å². The summed E-state index contributed by atoms with van der Waals surface area (Å²) in [5.41, 5.74) is 6.26. The molecule has 2 N–H and O–H groups in total. The van der Waals surface area contributed by atoms with Crippen LogP contribution in [0.4, 0.5) is 0 Å². The molecule has 2 fully saturated rings. The molecule has 0 spiro atoms. The molecular weight excluding hydrogens is 226 g/mol. The lowest BCUT2D eigenvalue weighted by atomic mass is 9.84. The Morgan fingerprint density at radius 3 is 2.83 bits per heavy atom. The smallest absolute Gasteiger partial charge is 0.0565 e. The normalized spacial score (nSPS) is 38.5. The van der Waals surface area contributed by atoms with E-state index in [-0.39, 0.29) is 5.54 Å². The van der Waals surface area contributed by atoms with Crippen molar-refractivity contribution in [3.05, 3.63) is 0 Å². The highest BCUT2D eigenvalue weighted by Crippen LogP contribution is 2.30. The fourth-order valence-corrected chi connectivity index (χ4v) is 3.59. The maximum atomic E-state index is 6.10. The predicted octanol–water partition coefficient (Wildman–Crippen LogP) is 0.766. The van der Waals surface area contributed by atoms with Crippen LogP contribution in [-0.4, -0.2) is 68.3 Å². The molecule has 2 heterocycles. The number of ether oxygens (including phenoxy) is 1. The molecule has 0 radical (unpaired) electrons. The van der Waals surface area contributed by atoms with Crippen LogP contribution in [0, 0.1) is 5.92 Å². The van der Waals surface area contributed by atoms with Gasteiger partial charge >= 0.3 is 0 Å². The van der Waals surface area contributed by atoms with E-state index in [1.807, 2.05) is 0 Å². The molecule has 106 valence electrons. The molecule has 3 atom stereocenters. The minimum Gasteiger partial charge on any atom is -0.378 e. The Hall–Kier alpha value is -0.160. The van der Waals surface area contributed by atoms with Gasteiger partial charge in [0.15, 0.2) is 0 Å². The largest absolute Gasteiger partial charge is 0.378 e. The summed E-state index contributed by atoms with van der Waals surface area (Å²) in [4.78, 5) is 4.95. The first-order chi connectivity index (χ1) is 8.55. The van der Waals surface area contributed by atoms with Crippen molar-refractivity contribution >= 4 is 0 Å². The van der Waals surface area contributed by atoms with E-state index >= 15 is 0 Å². The number of hydrogen-bond donors (Lipinski definition) is 1. The fourth-order valence-electron chi connectivity index (χ4n) is 3.59. The summed E-state index contributed by atoms with van der Waals surface area (Å²) in [6.07, 6.45) is 3.82. The van der Waals surface area contributed by atoms with Crippen molar-refractivity contribution in [2.45, 2.75) is 37.8 Å². The van der Waals surface area contributed by atoms with Gasteiger partial charge in [-0.3, -0.25) is 4.90 Å². The van der Waals surface area contributed by atoms with Gasteiger partial charge in [-0.05, 0) is 52.7 Å². The maximum absolute atomic E-state index is 6.10. The molecule has 18 heavy (non-hydrogen) atoms. The third-order valence-corrected chi connectivity index (χ3v) is 4.85. The zero-order valence-corrected chi connectivity index (χ0v) is 12.2. The number of likely N-dealkylation sites (tertiary alicyclic amines) is 1. The molecule has 0 aromatic heterocycles. The molecule has 2 rings (SSSR count). The third kappa shape index (κ3) is 3.05. The number of hydrogen-bond acceptors (Lipinski definition) is 4. The standard InChI is InChI=1S/C14H29N3O/c1-12-8-14(11-15,5-7-18-12)17(3)10-13-4-6-16(2)9-13/h12-13H,4-11,15H2,1-3H3. The number of nitrogens with zero attached hydrogens (tertiary/aromatic N) is 2. The minimum atomic E-state index is 0.166. The third-order valence-electron chi connectivity index (χ3n) is 4.85. The lowest BCUT2D eigenvalue weighted by molar-refractivity contribution is -0.0590. The van der Waals surface area contributed by atoms with Gasteiger partial charge in [0.2, 0.25) is 0 Å². The lowest BCUT2D eigenvalue weighted by Gasteiger charge is -2.46. The van der Waals surface area contributed by atoms with Crippen molar-refractivity contribution in [1.82, 2.24) is 9.80 Å². The molecule has 4 nitrogen and oxygen atoms in total. The molecule has 2 aliphatic rings. The summed E-state index contributed by atoms with van der Waals surface area (Å²) in [5, 5.41) is 0. The first-order valence-corrected chi connectivity index (χ1v) is 7.27. The van der Waals surface area contributed by atoms with E-state index in [0.717, 1.165) is 31.9 Å². The fraction of sp³-hybridized carbons (Fsp3) is 1.00. The molecule has 0 amide bonds. The second-order valence-electron chi connectivity index (χ2n) is 6.36. The molecule has 3 unspecified atom stereocenters. The van der Waals surface area contributed by atoms with Gasteiger partial charge in [-0.2, -0.15) is 0 Å². The van der Waals surface area contributed by atoms with Gasteiger partial charge in [-0.1, -0.05) is 0 Å². The van der Waals surface area contributed by atoms with Crippen LogP contribution >= 0.6 is 0 Å². The van der Waals surface area contributed by atoms with Crippen molar-refractivity contribution in [3.8, 4) is 0 Å². The Kier molecular flexibility index (Phi) is 4.64. The van der Waals surface area contributed by atoms with Gasteiger partial charge in [-0.25, -0.2) is 0 Å². The Morgan fingerprint density at radius 2 is 2.28 bits per heavy atom. The highest BCUT2D eigenvalue weighted by molar-refractivity contribution is 4.95. The molecule has 2 saturated heterocycles. The molecule has 4 heteroatoms. The summed E-state index contributed by atoms with van der Waals surface area (Å²) in [6, 6.07) is 0. The molecule has 2 aliphatic heterocycles. The van der Waals surface area contributed by atoms with Gasteiger partial charge in [0, 0.05) is 31.8 Å². The van der Waals surface area contributed by atoms with Crippen molar-refractivity contribution < 1.29 is 4.74 Å². The van der Waals surface area contributed by atoms with E-state index in [1.165, 1.54) is 26.1 Å². The van der Waals surface area contributed by atoms with E-state index in [9.17, 15) is 0 Å². The Bertz CT molecular complexity index is 274. The van der Waals surface area contributed by atoms with Crippen LogP contribution < -0.4 is 5.73 Å². The van der Waals surface area contributed by atoms with Crippen LogP contribution in [0.25, 0.3) is 0 Å². The van der Waals surface area contributed by atoms with Crippen molar-refractivity contribution in [3.63, 3.8) is 0 Å². The Labute approximate surface area is 111 Å². The molecule has 0 saturated carbocycles. The summed E-state index contributed by atoms with van der Waals surface area (Å²) in [7, 11) is 4.47. The van der Waals surface area contributed by atoms with E-state index in [4.69, 9.17) is 10.5 Å². The average Bonchev–Trinajstić information content (AvgIpc) is 2.74. The number of rotatable bonds is 4. The van der Waals surface area contributed by atoms with Gasteiger partial charge in [0.05, 0.1) is 6.10 Å². The van der Waals surface area contributed by atoms with E-state index < -0.39 is 0 Å². The molecule has 0 aliphatic carbocycles. The predicted molar refractivity (Wildman–Crippen MR) is 74.7 cm³/mol. The van der Waals surface area contributed by atoms with E-state index in [2.05, 4.69) is 30.8 Å². The van der Waals surface area contributed by atoms with Gasteiger partial charge in [0.1, 0.15) is 0 Å². The van der Waals surface area contributed by atoms with Crippen LogP contribution in [0.3, 0.4) is 0 Å². The Morgan fingerprint density at radius 1 is 1.50 bits per heavy atom. The highest BCUT2D eigenvalue weighted by Gasteiger charge is 2.39.